The molecule has 13 heavy (non-hydrogen) atoms. The van der Waals surface area contributed by atoms with Crippen LogP contribution >= 0.6 is 0 Å². The Morgan fingerprint density at radius 2 is 2.00 bits per heavy atom. The number of fused-ring (bicyclic) bond motifs is 1. The summed E-state index contributed by atoms with van der Waals surface area (Å²) in [7, 11) is 0. The van der Waals surface area contributed by atoms with E-state index in [1.165, 1.54) is 0 Å². The summed E-state index contributed by atoms with van der Waals surface area (Å²) in [6.45, 7) is 0.720. The van der Waals surface area contributed by atoms with Gasteiger partial charge in [-0.15, -0.1) is 0 Å². The first kappa shape index (κ1) is 8.51. The fourth-order valence-corrected chi connectivity index (χ4v) is 1.92. The van der Waals surface area contributed by atoms with Gasteiger partial charge in [-0.3, -0.25) is 4.79 Å². The van der Waals surface area contributed by atoms with Crippen molar-refractivity contribution in [1.82, 2.24) is 5.32 Å². The molecule has 0 saturated carbocycles. The predicted octanol–water partition coefficient (Wildman–Crippen LogP) is 0.192. The highest BCUT2D eigenvalue weighted by Crippen LogP contribution is 2.25. The van der Waals surface area contributed by atoms with E-state index in [-0.39, 0.29) is 11.9 Å². The number of hydrogen-bond acceptors (Lipinski definition) is 2. The Morgan fingerprint density at radius 3 is 2.77 bits per heavy atom. The van der Waals surface area contributed by atoms with Gasteiger partial charge in [0.2, 0.25) is 5.91 Å². The topological polar surface area (TPSA) is 55.1 Å². The Kier molecular flexibility index (Phi) is 2.19. The van der Waals surface area contributed by atoms with Crippen molar-refractivity contribution in [3.05, 3.63) is 24.3 Å². The van der Waals surface area contributed by atoms with Gasteiger partial charge in [0.05, 0.1) is 6.04 Å². The number of carbonyl (C=O) groups is 1. The van der Waals surface area contributed by atoms with Gasteiger partial charge in [-0.05, 0) is 12.3 Å². The van der Waals surface area contributed by atoms with E-state index in [0.717, 1.165) is 13.0 Å². The monoisotopic (exact) mass is 178 g/mol. The lowest BCUT2D eigenvalue weighted by molar-refractivity contribution is -0.122. The maximum absolute atomic E-state index is 11.3. The van der Waals surface area contributed by atoms with Crippen LogP contribution in [-0.4, -0.2) is 18.5 Å². The third-order valence-electron chi connectivity index (χ3n) is 2.75. The third kappa shape index (κ3) is 1.65. The van der Waals surface area contributed by atoms with Gasteiger partial charge in [0, 0.05) is 12.5 Å². The van der Waals surface area contributed by atoms with Gasteiger partial charge >= 0.3 is 0 Å². The molecular formula is C10H14N2O. The Labute approximate surface area is 77.7 Å². The molecule has 0 bridgehead atoms. The average Bonchev–Trinajstić information content (AvgIpc) is 2.28. The van der Waals surface area contributed by atoms with Gasteiger partial charge in [0.15, 0.2) is 0 Å². The Balaban J connectivity index is 2.14. The molecule has 3 N–H and O–H groups in total. The van der Waals surface area contributed by atoms with E-state index in [9.17, 15) is 4.79 Å². The predicted molar refractivity (Wildman–Crippen MR) is 50.9 cm³/mol. The van der Waals surface area contributed by atoms with E-state index in [4.69, 9.17) is 5.73 Å². The second-order valence-corrected chi connectivity index (χ2v) is 3.68. The fourth-order valence-electron chi connectivity index (χ4n) is 1.92. The van der Waals surface area contributed by atoms with Gasteiger partial charge in [0.1, 0.15) is 0 Å². The van der Waals surface area contributed by atoms with Crippen LogP contribution in [-0.2, 0) is 4.79 Å². The van der Waals surface area contributed by atoms with Crippen LogP contribution in [0.2, 0.25) is 0 Å². The zero-order valence-corrected chi connectivity index (χ0v) is 7.44. The smallest absolute Gasteiger partial charge is 0.236 e. The van der Waals surface area contributed by atoms with Crippen molar-refractivity contribution < 1.29 is 4.79 Å². The SMILES string of the molecule is NC1CC2C=CC=CC2CNC1=O. The quantitative estimate of drug-likeness (QED) is 0.556. The van der Waals surface area contributed by atoms with Crippen LogP contribution in [0.25, 0.3) is 0 Å². The maximum Gasteiger partial charge on any atom is 0.236 e. The van der Waals surface area contributed by atoms with Gasteiger partial charge in [-0.2, -0.15) is 0 Å². The van der Waals surface area contributed by atoms with Gasteiger partial charge < -0.3 is 11.1 Å². The van der Waals surface area contributed by atoms with Crippen molar-refractivity contribution in [2.75, 3.05) is 6.54 Å². The van der Waals surface area contributed by atoms with Crippen molar-refractivity contribution in [1.29, 1.82) is 0 Å². The van der Waals surface area contributed by atoms with Crippen molar-refractivity contribution in [3.63, 3.8) is 0 Å². The lowest BCUT2D eigenvalue weighted by Gasteiger charge is -2.20. The van der Waals surface area contributed by atoms with Gasteiger partial charge in [-0.1, -0.05) is 24.3 Å². The largest absolute Gasteiger partial charge is 0.354 e. The zero-order chi connectivity index (χ0) is 9.26. The van der Waals surface area contributed by atoms with Crippen LogP contribution in [0, 0.1) is 11.8 Å². The van der Waals surface area contributed by atoms with E-state index in [0.29, 0.717) is 11.8 Å². The molecule has 2 aliphatic rings. The first-order valence-corrected chi connectivity index (χ1v) is 4.65. The van der Waals surface area contributed by atoms with Crippen molar-refractivity contribution in [2.45, 2.75) is 12.5 Å². The molecule has 3 unspecified atom stereocenters. The van der Waals surface area contributed by atoms with Crippen LogP contribution in [0.1, 0.15) is 6.42 Å². The Hall–Kier alpha value is -1.09. The van der Waals surface area contributed by atoms with Crippen LogP contribution in [0.15, 0.2) is 24.3 Å². The van der Waals surface area contributed by atoms with E-state index in [1.54, 1.807) is 0 Å². The normalized spacial score (nSPS) is 37.9. The summed E-state index contributed by atoms with van der Waals surface area (Å²) in [5, 5.41) is 2.84. The summed E-state index contributed by atoms with van der Waals surface area (Å²) in [5.41, 5.74) is 5.72. The van der Waals surface area contributed by atoms with Gasteiger partial charge in [-0.25, -0.2) is 0 Å². The molecule has 3 atom stereocenters. The molecule has 1 aliphatic heterocycles. The lowest BCUT2D eigenvalue weighted by atomic mass is 9.85. The highest BCUT2D eigenvalue weighted by atomic mass is 16.2. The number of carbonyl (C=O) groups excluding carboxylic acids is 1. The second-order valence-electron chi connectivity index (χ2n) is 3.68. The second kappa shape index (κ2) is 3.34. The average molecular weight is 178 g/mol. The number of rotatable bonds is 0. The van der Waals surface area contributed by atoms with E-state index in [2.05, 4.69) is 17.5 Å². The minimum atomic E-state index is -0.342. The molecule has 1 amide bonds. The number of nitrogens with one attached hydrogen (secondary N) is 1. The summed E-state index contributed by atoms with van der Waals surface area (Å²) in [6.07, 6.45) is 9.11. The molecule has 0 aromatic heterocycles. The number of nitrogens with two attached hydrogens (primary N) is 1. The minimum Gasteiger partial charge on any atom is -0.354 e. The number of hydrogen-bond donors (Lipinski definition) is 2. The number of allylic oxidation sites excluding steroid dienone is 3. The summed E-state index contributed by atoms with van der Waals surface area (Å²) in [5.74, 6) is 0.845. The molecule has 1 saturated heterocycles. The molecule has 70 valence electrons. The van der Waals surface area contributed by atoms with Crippen molar-refractivity contribution in [2.24, 2.45) is 17.6 Å². The minimum absolute atomic E-state index is 0.0174. The molecular weight excluding hydrogens is 164 g/mol. The molecule has 1 aliphatic carbocycles. The molecule has 3 heteroatoms. The van der Waals surface area contributed by atoms with E-state index >= 15 is 0 Å². The van der Waals surface area contributed by atoms with Crippen LogP contribution in [0.3, 0.4) is 0 Å². The molecule has 1 heterocycles. The lowest BCUT2D eigenvalue weighted by Crippen LogP contribution is -2.39. The van der Waals surface area contributed by atoms with E-state index in [1.807, 2.05) is 12.2 Å². The van der Waals surface area contributed by atoms with Crippen molar-refractivity contribution >= 4 is 5.91 Å². The highest BCUT2D eigenvalue weighted by molar-refractivity contribution is 5.81. The van der Waals surface area contributed by atoms with E-state index < -0.39 is 0 Å². The Morgan fingerprint density at radius 1 is 1.31 bits per heavy atom. The molecule has 0 radical (unpaired) electrons. The maximum atomic E-state index is 11.3. The van der Waals surface area contributed by atoms with Crippen molar-refractivity contribution in [3.8, 4) is 0 Å². The molecule has 0 aromatic carbocycles. The van der Waals surface area contributed by atoms with Crippen LogP contribution < -0.4 is 11.1 Å². The molecule has 3 nitrogen and oxygen atoms in total. The fraction of sp³-hybridized carbons (Fsp3) is 0.500. The first-order chi connectivity index (χ1) is 6.27. The van der Waals surface area contributed by atoms with Gasteiger partial charge in [0.25, 0.3) is 0 Å². The molecule has 0 spiro atoms. The van der Waals surface area contributed by atoms with Crippen LogP contribution in [0.4, 0.5) is 0 Å². The van der Waals surface area contributed by atoms with Crippen LogP contribution in [0.5, 0.6) is 0 Å². The zero-order valence-electron chi connectivity index (χ0n) is 7.44. The summed E-state index contributed by atoms with van der Waals surface area (Å²) in [6, 6.07) is -0.342. The molecule has 2 rings (SSSR count). The molecule has 1 fully saturated rings. The summed E-state index contributed by atoms with van der Waals surface area (Å²) >= 11 is 0. The summed E-state index contributed by atoms with van der Waals surface area (Å²) < 4.78 is 0. The molecule has 0 aromatic rings. The third-order valence-corrected chi connectivity index (χ3v) is 2.75. The standard InChI is InChI=1S/C10H14N2O/c11-9-5-7-3-1-2-4-8(7)6-12-10(9)13/h1-4,7-9H,5-6,11H2,(H,12,13). The summed E-state index contributed by atoms with van der Waals surface area (Å²) in [4.78, 5) is 11.3. The Bertz CT molecular complexity index is 270. The highest BCUT2D eigenvalue weighted by Gasteiger charge is 2.28. The number of amides is 1. The first-order valence-electron chi connectivity index (χ1n) is 4.65.